The molecule has 1 aliphatic heterocycles. The first kappa shape index (κ1) is 16.6. The predicted molar refractivity (Wildman–Crippen MR) is 81.4 cm³/mol. The zero-order chi connectivity index (χ0) is 15.5. The summed E-state index contributed by atoms with van der Waals surface area (Å²) in [5.74, 6) is 0.0723. The second-order valence-corrected chi connectivity index (χ2v) is 7.12. The Morgan fingerprint density at radius 2 is 1.95 bits per heavy atom. The van der Waals surface area contributed by atoms with Gasteiger partial charge in [0, 0.05) is 37.0 Å². The molecule has 0 aromatic heterocycles. The number of piperazine rings is 1. The van der Waals surface area contributed by atoms with Crippen molar-refractivity contribution in [2.24, 2.45) is 0 Å². The molecule has 0 bridgehead atoms. The molecule has 1 aliphatic rings. The van der Waals surface area contributed by atoms with Crippen molar-refractivity contribution in [1.82, 2.24) is 10.2 Å². The molecule has 21 heavy (non-hydrogen) atoms. The monoisotopic (exact) mass is 318 g/mol. The molecule has 0 saturated carbocycles. The maximum absolute atomic E-state index is 12.3. The van der Waals surface area contributed by atoms with E-state index >= 15 is 0 Å². The molecule has 2 rings (SSSR count). The van der Waals surface area contributed by atoms with Crippen LogP contribution >= 0.6 is 11.8 Å². The molecule has 1 N–H and O–H groups in total. The summed E-state index contributed by atoms with van der Waals surface area (Å²) >= 11 is 0.0625. The molecule has 0 spiro atoms. The summed E-state index contributed by atoms with van der Waals surface area (Å²) in [6.07, 6.45) is 0. The second kappa shape index (κ2) is 6.58. The van der Waals surface area contributed by atoms with Crippen LogP contribution in [0.4, 0.5) is 13.2 Å². The van der Waals surface area contributed by atoms with Crippen molar-refractivity contribution < 1.29 is 13.2 Å². The van der Waals surface area contributed by atoms with E-state index in [0.29, 0.717) is 6.54 Å². The van der Waals surface area contributed by atoms with Crippen molar-refractivity contribution in [3.63, 3.8) is 0 Å². The zero-order valence-electron chi connectivity index (χ0n) is 12.3. The zero-order valence-corrected chi connectivity index (χ0v) is 13.1. The van der Waals surface area contributed by atoms with Gasteiger partial charge >= 0.3 is 5.51 Å². The lowest BCUT2D eigenvalue weighted by Crippen LogP contribution is -2.58. The van der Waals surface area contributed by atoms with Crippen LogP contribution in [-0.4, -0.2) is 41.3 Å². The van der Waals surface area contributed by atoms with Gasteiger partial charge in [0.2, 0.25) is 0 Å². The summed E-state index contributed by atoms with van der Waals surface area (Å²) in [5, 5.41) is 3.47. The molecule has 6 heteroatoms. The summed E-state index contributed by atoms with van der Waals surface area (Å²) in [4.78, 5) is 2.16. The highest BCUT2D eigenvalue weighted by Crippen LogP contribution is 2.32. The highest BCUT2D eigenvalue weighted by molar-refractivity contribution is 8.00. The largest absolute Gasteiger partial charge is 0.441 e. The molecular formula is C15H21F3N2S. The highest BCUT2D eigenvalue weighted by atomic mass is 32.2. The van der Waals surface area contributed by atoms with Crippen LogP contribution in [0.5, 0.6) is 0 Å². The Bertz CT molecular complexity index is 448. The first-order valence-corrected chi connectivity index (χ1v) is 8.00. The van der Waals surface area contributed by atoms with E-state index in [-0.39, 0.29) is 29.1 Å². The number of thioether (sulfide) groups is 1. The number of rotatable bonds is 4. The first-order valence-electron chi connectivity index (χ1n) is 7.02. The third-order valence-corrected chi connectivity index (χ3v) is 4.36. The Balaban J connectivity index is 2.04. The van der Waals surface area contributed by atoms with Crippen molar-refractivity contribution in [3.8, 4) is 0 Å². The van der Waals surface area contributed by atoms with Gasteiger partial charge in [0.15, 0.2) is 0 Å². The Labute approximate surface area is 128 Å². The van der Waals surface area contributed by atoms with Crippen LogP contribution in [-0.2, 0) is 0 Å². The minimum atomic E-state index is -4.15. The average Bonchev–Trinajstić information content (AvgIpc) is 2.37. The van der Waals surface area contributed by atoms with Crippen LogP contribution in [0.25, 0.3) is 0 Å². The van der Waals surface area contributed by atoms with E-state index in [0.717, 1.165) is 18.7 Å². The van der Waals surface area contributed by atoms with Gasteiger partial charge in [-0.2, -0.15) is 13.2 Å². The lowest BCUT2D eigenvalue weighted by Gasteiger charge is -2.45. The van der Waals surface area contributed by atoms with Crippen molar-refractivity contribution in [2.75, 3.05) is 25.4 Å². The maximum atomic E-state index is 12.3. The van der Waals surface area contributed by atoms with Crippen LogP contribution in [0.1, 0.15) is 25.5 Å². The van der Waals surface area contributed by atoms with Crippen LogP contribution < -0.4 is 5.32 Å². The summed E-state index contributed by atoms with van der Waals surface area (Å²) in [5.41, 5.74) is -3.07. The maximum Gasteiger partial charge on any atom is 0.441 e. The third-order valence-electron chi connectivity index (χ3n) is 3.64. The van der Waals surface area contributed by atoms with Crippen molar-refractivity contribution in [2.45, 2.75) is 30.9 Å². The quantitative estimate of drug-likeness (QED) is 0.912. The van der Waals surface area contributed by atoms with Crippen LogP contribution in [0, 0.1) is 0 Å². The fourth-order valence-electron chi connectivity index (χ4n) is 2.69. The normalized spacial score (nSPS) is 23.2. The van der Waals surface area contributed by atoms with E-state index in [1.807, 2.05) is 30.3 Å². The Morgan fingerprint density at radius 1 is 1.29 bits per heavy atom. The SMILES string of the molecule is CC1(C)CN(CCSC(F)(F)F)C(c2ccccc2)CN1. The molecule has 1 atom stereocenters. The molecular weight excluding hydrogens is 297 g/mol. The van der Waals surface area contributed by atoms with Gasteiger partial charge in [-0.3, -0.25) is 4.90 Å². The molecule has 1 fully saturated rings. The van der Waals surface area contributed by atoms with Gasteiger partial charge in [0.25, 0.3) is 0 Å². The summed E-state index contributed by atoms with van der Waals surface area (Å²) in [7, 11) is 0. The number of alkyl halides is 3. The third kappa shape index (κ3) is 5.20. The topological polar surface area (TPSA) is 15.3 Å². The number of nitrogens with zero attached hydrogens (tertiary/aromatic N) is 1. The highest BCUT2D eigenvalue weighted by Gasteiger charge is 2.34. The fourth-order valence-corrected chi connectivity index (χ4v) is 3.25. The average molecular weight is 318 g/mol. The van der Waals surface area contributed by atoms with Crippen LogP contribution in [0.2, 0.25) is 0 Å². The van der Waals surface area contributed by atoms with E-state index in [1.165, 1.54) is 0 Å². The van der Waals surface area contributed by atoms with E-state index in [9.17, 15) is 13.2 Å². The van der Waals surface area contributed by atoms with Crippen LogP contribution in [0.3, 0.4) is 0 Å². The van der Waals surface area contributed by atoms with Crippen LogP contribution in [0.15, 0.2) is 30.3 Å². The van der Waals surface area contributed by atoms with Gasteiger partial charge < -0.3 is 5.32 Å². The van der Waals surface area contributed by atoms with Gasteiger partial charge in [-0.15, -0.1) is 0 Å². The Morgan fingerprint density at radius 3 is 2.57 bits per heavy atom. The van der Waals surface area contributed by atoms with E-state index in [2.05, 4.69) is 24.1 Å². The Kier molecular flexibility index (Phi) is 5.22. The Hall–Kier alpha value is -0.720. The van der Waals surface area contributed by atoms with Gasteiger partial charge in [-0.1, -0.05) is 30.3 Å². The van der Waals surface area contributed by atoms with Gasteiger partial charge in [-0.05, 0) is 31.2 Å². The smallest absolute Gasteiger partial charge is 0.309 e. The minimum Gasteiger partial charge on any atom is -0.309 e. The summed E-state index contributed by atoms with van der Waals surface area (Å²) in [6.45, 7) is 6.10. The number of nitrogens with one attached hydrogen (secondary N) is 1. The fraction of sp³-hybridized carbons (Fsp3) is 0.600. The number of benzene rings is 1. The van der Waals surface area contributed by atoms with Gasteiger partial charge in [0.1, 0.15) is 0 Å². The van der Waals surface area contributed by atoms with E-state index < -0.39 is 5.51 Å². The predicted octanol–water partition coefficient (Wildman–Crippen LogP) is 3.66. The van der Waals surface area contributed by atoms with Crippen molar-refractivity contribution >= 4 is 11.8 Å². The molecule has 1 aromatic carbocycles. The molecule has 0 amide bonds. The lowest BCUT2D eigenvalue weighted by atomic mass is 9.95. The molecule has 1 aromatic rings. The summed E-state index contributed by atoms with van der Waals surface area (Å²) in [6, 6.07) is 10.1. The summed E-state index contributed by atoms with van der Waals surface area (Å²) < 4.78 is 36.9. The minimum absolute atomic E-state index is 0.0625. The molecule has 1 heterocycles. The number of hydrogen-bond acceptors (Lipinski definition) is 3. The van der Waals surface area contributed by atoms with Crippen molar-refractivity contribution in [3.05, 3.63) is 35.9 Å². The first-order chi connectivity index (χ1) is 9.77. The van der Waals surface area contributed by atoms with Gasteiger partial charge in [0.05, 0.1) is 0 Å². The molecule has 2 nitrogen and oxygen atoms in total. The van der Waals surface area contributed by atoms with Gasteiger partial charge in [-0.25, -0.2) is 0 Å². The number of halogens is 3. The number of hydrogen-bond donors (Lipinski definition) is 1. The standard InChI is InChI=1S/C15H21F3N2S/c1-14(2)11-20(8-9-21-15(16,17)18)13(10-19-14)12-6-4-3-5-7-12/h3-7,13,19H,8-11H2,1-2H3. The molecule has 0 radical (unpaired) electrons. The lowest BCUT2D eigenvalue weighted by molar-refractivity contribution is -0.0330. The molecule has 118 valence electrons. The second-order valence-electron chi connectivity index (χ2n) is 5.96. The molecule has 1 saturated heterocycles. The van der Waals surface area contributed by atoms with Crippen molar-refractivity contribution in [1.29, 1.82) is 0 Å². The molecule has 1 unspecified atom stereocenters. The van der Waals surface area contributed by atoms with E-state index in [4.69, 9.17) is 0 Å². The molecule has 0 aliphatic carbocycles. The van der Waals surface area contributed by atoms with E-state index in [1.54, 1.807) is 0 Å².